The first-order valence-electron chi connectivity index (χ1n) is 8.72. The second-order valence-electron chi connectivity index (χ2n) is 6.41. The lowest BCUT2D eigenvalue weighted by Crippen LogP contribution is -2.13. The van der Waals surface area contributed by atoms with Gasteiger partial charge in [-0.2, -0.15) is 0 Å². The lowest BCUT2D eigenvalue weighted by molar-refractivity contribution is 0.102. The van der Waals surface area contributed by atoms with Crippen LogP contribution in [-0.4, -0.2) is 27.6 Å². The third kappa shape index (κ3) is 3.77. The Kier molecular flexibility index (Phi) is 4.90. The van der Waals surface area contributed by atoms with Crippen molar-refractivity contribution in [3.8, 4) is 17.1 Å². The predicted molar refractivity (Wildman–Crippen MR) is 109 cm³/mol. The number of fused-ring (bicyclic) bond motifs is 1. The van der Waals surface area contributed by atoms with E-state index in [1.165, 1.54) is 12.1 Å². The monoisotopic (exact) mass is 410 g/mol. The van der Waals surface area contributed by atoms with Gasteiger partial charge < -0.3 is 10.1 Å². The Morgan fingerprint density at radius 1 is 1.17 bits per heavy atom. The lowest BCUT2D eigenvalue weighted by atomic mass is 10.1. The zero-order valence-electron chi connectivity index (χ0n) is 15.6. The van der Waals surface area contributed by atoms with Crippen molar-refractivity contribution in [2.75, 3.05) is 12.4 Å². The molecule has 6 nitrogen and oxygen atoms in total. The van der Waals surface area contributed by atoms with Crippen LogP contribution in [0, 0.1) is 12.7 Å². The van der Waals surface area contributed by atoms with Crippen molar-refractivity contribution in [3.05, 3.63) is 76.7 Å². The number of aryl methyl sites for hydroxylation is 1. The number of anilines is 1. The van der Waals surface area contributed by atoms with E-state index >= 15 is 0 Å². The normalized spacial score (nSPS) is 10.9. The number of rotatable bonds is 4. The average molecular weight is 411 g/mol. The molecule has 2 aromatic heterocycles. The van der Waals surface area contributed by atoms with Crippen LogP contribution >= 0.6 is 11.6 Å². The van der Waals surface area contributed by atoms with Crippen molar-refractivity contribution >= 4 is 28.8 Å². The van der Waals surface area contributed by atoms with Gasteiger partial charge in [0, 0.05) is 17.3 Å². The number of imidazole rings is 1. The van der Waals surface area contributed by atoms with E-state index in [-0.39, 0.29) is 10.6 Å². The number of aromatic nitrogens is 3. The molecule has 0 aliphatic carbocycles. The number of methoxy groups -OCH3 is 1. The molecular formula is C21H16ClFN4O2. The molecule has 0 saturated carbocycles. The Bertz CT molecular complexity index is 1240. The molecule has 29 heavy (non-hydrogen) atoms. The Labute approximate surface area is 170 Å². The number of carbonyl (C=O) groups is 1. The predicted octanol–water partition coefficient (Wildman–Crippen LogP) is 4.76. The maximum atomic E-state index is 13.2. The summed E-state index contributed by atoms with van der Waals surface area (Å²) < 4.78 is 20.0. The second kappa shape index (κ2) is 7.52. The zero-order valence-corrected chi connectivity index (χ0v) is 16.4. The fourth-order valence-electron chi connectivity index (χ4n) is 2.89. The Hall–Kier alpha value is -3.45. The molecule has 0 spiro atoms. The van der Waals surface area contributed by atoms with Crippen LogP contribution < -0.4 is 10.1 Å². The van der Waals surface area contributed by atoms with E-state index < -0.39 is 11.7 Å². The van der Waals surface area contributed by atoms with Gasteiger partial charge in [-0.3, -0.25) is 4.79 Å². The summed E-state index contributed by atoms with van der Waals surface area (Å²) in [7, 11) is 1.55. The molecule has 0 aliphatic rings. The number of hydrogen-bond donors (Lipinski definition) is 1. The van der Waals surface area contributed by atoms with E-state index in [0.717, 1.165) is 17.2 Å². The highest BCUT2D eigenvalue weighted by atomic mass is 35.5. The van der Waals surface area contributed by atoms with Crippen LogP contribution in [0.15, 0.2) is 54.7 Å². The Balaban J connectivity index is 1.66. The fourth-order valence-corrected chi connectivity index (χ4v) is 3.14. The number of hydrogen-bond acceptors (Lipinski definition) is 4. The smallest absolute Gasteiger partial charge is 0.257 e. The van der Waals surface area contributed by atoms with Gasteiger partial charge in [-0.1, -0.05) is 23.7 Å². The van der Waals surface area contributed by atoms with Crippen LogP contribution in [0.25, 0.3) is 16.9 Å². The van der Waals surface area contributed by atoms with Crippen molar-refractivity contribution in [1.29, 1.82) is 0 Å². The van der Waals surface area contributed by atoms with E-state index in [2.05, 4.69) is 15.4 Å². The quantitative estimate of drug-likeness (QED) is 0.526. The van der Waals surface area contributed by atoms with Gasteiger partial charge in [0.1, 0.15) is 5.82 Å². The maximum absolute atomic E-state index is 13.2. The van der Waals surface area contributed by atoms with Gasteiger partial charge in [0.2, 0.25) is 5.88 Å². The van der Waals surface area contributed by atoms with Gasteiger partial charge in [0.25, 0.3) is 5.91 Å². The molecule has 146 valence electrons. The number of carbonyl (C=O) groups excluding carboxylic acids is 1. The minimum absolute atomic E-state index is 0.0525. The van der Waals surface area contributed by atoms with Crippen LogP contribution in [0.2, 0.25) is 5.02 Å². The summed E-state index contributed by atoms with van der Waals surface area (Å²) in [6.07, 6.45) is 1.78. The van der Waals surface area contributed by atoms with Crippen molar-refractivity contribution in [2.24, 2.45) is 0 Å². The Morgan fingerprint density at radius 2 is 2.00 bits per heavy atom. The molecule has 0 radical (unpaired) electrons. The molecule has 0 saturated heterocycles. The van der Waals surface area contributed by atoms with Crippen LogP contribution in [0.5, 0.6) is 5.88 Å². The van der Waals surface area contributed by atoms with Gasteiger partial charge in [-0.05, 0) is 42.8 Å². The first-order chi connectivity index (χ1) is 13.9. The van der Waals surface area contributed by atoms with Gasteiger partial charge in [0.05, 0.1) is 29.6 Å². The summed E-state index contributed by atoms with van der Waals surface area (Å²) in [5, 5.41) is 7.19. The largest absolute Gasteiger partial charge is 0.480 e. The van der Waals surface area contributed by atoms with E-state index in [1.54, 1.807) is 23.9 Å². The van der Waals surface area contributed by atoms with Crippen molar-refractivity contribution in [1.82, 2.24) is 14.6 Å². The highest BCUT2D eigenvalue weighted by Crippen LogP contribution is 2.27. The van der Waals surface area contributed by atoms with Crippen molar-refractivity contribution in [2.45, 2.75) is 6.92 Å². The highest BCUT2D eigenvalue weighted by molar-refractivity contribution is 6.34. The molecular weight excluding hydrogens is 395 g/mol. The molecule has 1 N–H and O–H groups in total. The summed E-state index contributed by atoms with van der Waals surface area (Å²) in [6.45, 7) is 1.88. The topological polar surface area (TPSA) is 68.5 Å². The van der Waals surface area contributed by atoms with Crippen LogP contribution in [0.1, 0.15) is 15.9 Å². The van der Waals surface area contributed by atoms with E-state index in [1.807, 2.05) is 31.2 Å². The van der Waals surface area contributed by atoms with Gasteiger partial charge >= 0.3 is 0 Å². The average Bonchev–Trinajstić information content (AvgIpc) is 3.12. The number of benzene rings is 2. The molecule has 0 aliphatic heterocycles. The number of amides is 1. The summed E-state index contributed by atoms with van der Waals surface area (Å²) >= 11 is 6.00. The molecule has 4 rings (SSSR count). The van der Waals surface area contributed by atoms with E-state index in [9.17, 15) is 9.18 Å². The van der Waals surface area contributed by atoms with E-state index in [4.69, 9.17) is 16.3 Å². The van der Waals surface area contributed by atoms with Gasteiger partial charge in [-0.15, -0.1) is 5.10 Å². The second-order valence-corrected chi connectivity index (χ2v) is 6.82. The number of nitrogens with one attached hydrogen (secondary N) is 1. The van der Waals surface area contributed by atoms with Crippen LogP contribution in [0.4, 0.5) is 10.1 Å². The van der Waals surface area contributed by atoms with Gasteiger partial charge in [-0.25, -0.2) is 13.9 Å². The van der Waals surface area contributed by atoms with Crippen LogP contribution in [0.3, 0.4) is 0 Å². The molecule has 2 aromatic carbocycles. The lowest BCUT2D eigenvalue weighted by Gasteiger charge is -2.11. The van der Waals surface area contributed by atoms with Crippen molar-refractivity contribution in [3.63, 3.8) is 0 Å². The number of nitrogens with zero attached hydrogens (tertiary/aromatic N) is 3. The summed E-state index contributed by atoms with van der Waals surface area (Å²) in [5.74, 6) is -0.437. The van der Waals surface area contributed by atoms with Crippen molar-refractivity contribution < 1.29 is 13.9 Å². The van der Waals surface area contributed by atoms with Crippen LogP contribution in [-0.2, 0) is 0 Å². The molecule has 0 atom stereocenters. The summed E-state index contributed by atoms with van der Waals surface area (Å²) in [5.41, 5.74) is 3.84. The minimum Gasteiger partial charge on any atom is -0.480 e. The first kappa shape index (κ1) is 18.9. The fraction of sp³-hybridized carbons (Fsp3) is 0.0952. The minimum atomic E-state index is -0.498. The number of halogens is 2. The molecule has 4 aromatic rings. The molecule has 2 heterocycles. The standard InChI is InChI=1S/C21H16ClFN4O2/c1-12-3-4-13(18-11-27-19(24-18)7-8-20(26-27)29-2)9-17(12)25-21(28)15-6-5-14(23)10-16(15)22/h3-11H,1-2H3,(H,25,28). The van der Waals surface area contributed by atoms with Gasteiger partial charge in [0.15, 0.2) is 5.65 Å². The Morgan fingerprint density at radius 3 is 2.76 bits per heavy atom. The summed E-state index contributed by atoms with van der Waals surface area (Å²) in [6, 6.07) is 12.8. The molecule has 0 bridgehead atoms. The SMILES string of the molecule is COc1ccc2nc(-c3ccc(C)c(NC(=O)c4ccc(F)cc4Cl)c3)cn2n1. The van der Waals surface area contributed by atoms with E-state index in [0.29, 0.717) is 22.9 Å². The summed E-state index contributed by atoms with van der Waals surface area (Å²) in [4.78, 5) is 17.2. The molecule has 0 fully saturated rings. The molecule has 0 unspecified atom stereocenters. The molecule has 8 heteroatoms. The third-order valence-electron chi connectivity index (χ3n) is 4.46. The number of ether oxygens (including phenoxy) is 1. The third-order valence-corrected chi connectivity index (χ3v) is 4.77. The first-order valence-corrected chi connectivity index (χ1v) is 9.10. The maximum Gasteiger partial charge on any atom is 0.257 e. The zero-order chi connectivity index (χ0) is 20.5. The highest BCUT2D eigenvalue weighted by Gasteiger charge is 2.14. The molecule has 1 amide bonds.